The summed E-state index contributed by atoms with van der Waals surface area (Å²) in [6.07, 6.45) is 5.25. The highest BCUT2D eigenvalue weighted by Gasteiger charge is 2.07. The minimum Gasteiger partial charge on any atom is -0.326 e. The van der Waals surface area contributed by atoms with Gasteiger partial charge >= 0.3 is 0 Å². The molecule has 0 aliphatic heterocycles. The van der Waals surface area contributed by atoms with Crippen molar-refractivity contribution in [3.8, 4) is 11.3 Å². The Hall–Kier alpha value is -3.40. The summed E-state index contributed by atoms with van der Waals surface area (Å²) in [6.45, 7) is 4.13. The smallest absolute Gasteiger partial charge is 0.224 e. The highest BCUT2D eigenvalue weighted by molar-refractivity contribution is 5.91. The summed E-state index contributed by atoms with van der Waals surface area (Å²) in [5.41, 5.74) is 7.28. The van der Waals surface area contributed by atoms with Crippen molar-refractivity contribution in [2.24, 2.45) is 0 Å². The Labute approximate surface area is 164 Å². The van der Waals surface area contributed by atoms with Crippen LogP contribution in [0.4, 0.5) is 5.69 Å². The third kappa shape index (κ3) is 4.12. The molecule has 2 aromatic heterocycles. The molecule has 0 saturated carbocycles. The number of carbonyl (C=O) groups excluding carboxylic acids is 1. The number of aryl methyl sites for hydroxylation is 3. The summed E-state index contributed by atoms with van der Waals surface area (Å²) in [7, 11) is 0. The van der Waals surface area contributed by atoms with Gasteiger partial charge in [-0.05, 0) is 55.7 Å². The SMILES string of the molecule is Cc1cccc(CCC(=O)Nc2ccc(-c3cn4ccc(C)cc4n3)cc2)c1. The van der Waals surface area contributed by atoms with Crippen LogP contribution in [0.5, 0.6) is 0 Å². The zero-order chi connectivity index (χ0) is 19.5. The van der Waals surface area contributed by atoms with Crippen molar-refractivity contribution in [3.63, 3.8) is 0 Å². The van der Waals surface area contributed by atoms with E-state index >= 15 is 0 Å². The maximum atomic E-state index is 12.2. The quantitative estimate of drug-likeness (QED) is 0.526. The van der Waals surface area contributed by atoms with Gasteiger partial charge in [0.1, 0.15) is 5.65 Å². The lowest BCUT2D eigenvalue weighted by Gasteiger charge is -2.06. The minimum atomic E-state index is 0.0254. The Morgan fingerprint density at radius 1 is 1.00 bits per heavy atom. The molecule has 0 aliphatic carbocycles. The summed E-state index contributed by atoms with van der Waals surface area (Å²) in [4.78, 5) is 16.9. The number of carbonyl (C=O) groups is 1. The van der Waals surface area contributed by atoms with Crippen LogP contribution >= 0.6 is 0 Å². The molecule has 0 saturated heterocycles. The number of rotatable bonds is 5. The summed E-state index contributed by atoms with van der Waals surface area (Å²) in [6, 6.07) is 20.2. The Balaban J connectivity index is 1.40. The van der Waals surface area contributed by atoms with Gasteiger partial charge in [0.05, 0.1) is 5.69 Å². The first-order valence-corrected chi connectivity index (χ1v) is 9.48. The van der Waals surface area contributed by atoms with E-state index in [9.17, 15) is 4.79 Å². The lowest BCUT2D eigenvalue weighted by Crippen LogP contribution is -2.12. The molecule has 0 unspecified atom stereocenters. The Morgan fingerprint density at radius 3 is 2.57 bits per heavy atom. The zero-order valence-electron chi connectivity index (χ0n) is 16.1. The molecule has 0 spiro atoms. The number of amides is 1. The number of hydrogen-bond donors (Lipinski definition) is 1. The molecular formula is C24H23N3O. The molecule has 0 aliphatic rings. The molecule has 4 nitrogen and oxygen atoms in total. The molecule has 0 atom stereocenters. The van der Waals surface area contributed by atoms with Crippen LogP contribution in [-0.2, 0) is 11.2 Å². The number of fused-ring (bicyclic) bond motifs is 1. The molecule has 4 aromatic rings. The van der Waals surface area contributed by atoms with E-state index in [0.29, 0.717) is 6.42 Å². The van der Waals surface area contributed by atoms with Crippen LogP contribution in [0.25, 0.3) is 16.9 Å². The predicted molar refractivity (Wildman–Crippen MR) is 113 cm³/mol. The molecule has 0 bridgehead atoms. The molecule has 28 heavy (non-hydrogen) atoms. The van der Waals surface area contributed by atoms with E-state index < -0.39 is 0 Å². The summed E-state index contributed by atoms with van der Waals surface area (Å²) in [5, 5.41) is 2.97. The first-order chi connectivity index (χ1) is 13.6. The topological polar surface area (TPSA) is 46.4 Å². The fourth-order valence-corrected chi connectivity index (χ4v) is 3.30. The van der Waals surface area contributed by atoms with Gasteiger partial charge in [-0.2, -0.15) is 0 Å². The van der Waals surface area contributed by atoms with Gasteiger partial charge in [0.15, 0.2) is 0 Å². The van der Waals surface area contributed by atoms with E-state index in [1.807, 2.05) is 47.1 Å². The standard InChI is InChI=1S/C24H23N3O/c1-17-4-3-5-19(14-17)6-11-24(28)25-21-9-7-20(8-10-21)22-16-27-13-12-18(2)15-23(27)26-22/h3-5,7-10,12-16H,6,11H2,1-2H3,(H,25,28). The van der Waals surface area contributed by atoms with Crippen molar-refractivity contribution in [3.05, 3.63) is 89.7 Å². The lowest BCUT2D eigenvalue weighted by atomic mass is 10.1. The molecule has 0 radical (unpaired) electrons. The van der Waals surface area contributed by atoms with Crippen molar-refractivity contribution >= 4 is 17.2 Å². The molecule has 0 fully saturated rings. The summed E-state index contributed by atoms with van der Waals surface area (Å²) >= 11 is 0. The van der Waals surface area contributed by atoms with Crippen LogP contribution in [0.15, 0.2) is 73.1 Å². The van der Waals surface area contributed by atoms with Gasteiger partial charge in [0.2, 0.25) is 5.91 Å². The van der Waals surface area contributed by atoms with E-state index in [0.717, 1.165) is 29.0 Å². The molecule has 2 aromatic carbocycles. The number of benzene rings is 2. The van der Waals surface area contributed by atoms with Crippen LogP contribution < -0.4 is 5.32 Å². The van der Waals surface area contributed by atoms with Gasteiger partial charge in [-0.25, -0.2) is 4.98 Å². The molecule has 2 heterocycles. The molecule has 4 heteroatoms. The lowest BCUT2D eigenvalue weighted by molar-refractivity contribution is -0.116. The number of hydrogen-bond acceptors (Lipinski definition) is 2. The fraction of sp³-hybridized carbons (Fsp3) is 0.167. The third-order valence-corrected chi connectivity index (χ3v) is 4.80. The van der Waals surface area contributed by atoms with Gasteiger partial charge in [0.25, 0.3) is 0 Å². The van der Waals surface area contributed by atoms with E-state index in [2.05, 4.69) is 54.5 Å². The van der Waals surface area contributed by atoms with Crippen molar-refractivity contribution < 1.29 is 4.79 Å². The second kappa shape index (κ2) is 7.69. The van der Waals surface area contributed by atoms with E-state index in [-0.39, 0.29) is 5.91 Å². The van der Waals surface area contributed by atoms with Gasteiger partial charge in [-0.3, -0.25) is 4.79 Å². The average molecular weight is 369 g/mol. The first-order valence-electron chi connectivity index (χ1n) is 9.48. The molecular weight excluding hydrogens is 346 g/mol. The maximum absolute atomic E-state index is 12.2. The van der Waals surface area contributed by atoms with Crippen molar-refractivity contribution in [1.29, 1.82) is 0 Å². The van der Waals surface area contributed by atoms with Crippen LogP contribution in [0, 0.1) is 13.8 Å². The largest absolute Gasteiger partial charge is 0.326 e. The molecule has 140 valence electrons. The summed E-state index contributed by atoms with van der Waals surface area (Å²) < 4.78 is 2.02. The van der Waals surface area contributed by atoms with Crippen LogP contribution in [0.3, 0.4) is 0 Å². The Bertz CT molecular complexity index is 1130. The second-order valence-electron chi connectivity index (χ2n) is 7.21. The zero-order valence-corrected chi connectivity index (χ0v) is 16.1. The highest BCUT2D eigenvalue weighted by Crippen LogP contribution is 2.22. The van der Waals surface area contributed by atoms with Crippen LogP contribution in [-0.4, -0.2) is 15.3 Å². The molecule has 1 amide bonds. The Morgan fingerprint density at radius 2 is 1.79 bits per heavy atom. The number of nitrogens with zero attached hydrogens (tertiary/aromatic N) is 2. The van der Waals surface area contributed by atoms with Gasteiger partial charge in [-0.1, -0.05) is 42.0 Å². The van der Waals surface area contributed by atoms with Gasteiger partial charge < -0.3 is 9.72 Å². The Kier molecular flexibility index (Phi) is 4.94. The second-order valence-corrected chi connectivity index (χ2v) is 7.21. The highest BCUT2D eigenvalue weighted by atomic mass is 16.1. The van der Waals surface area contributed by atoms with E-state index in [1.165, 1.54) is 16.7 Å². The fourth-order valence-electron chi connectivity index (χ4n) is 3.30. The average Bonchev–Trinajstić information content (AvgIpc) is 3.10. The van der Waals surface area contributed by atoms with Crippen molar-refractivity contribution in [2.45, 2.75) is 26.7 Å². The number of aromatic nitrogens is 2. The maximum Gasteiger partial charge on any atom is 0.224 e. The predicted octanol–water partition coefficient (Wildman–Crippen LogP) is 5.19. The number of nitrogens with one attached hydrogen (secondary N) is 1. The normalized spacial score (nSPS) is 10.9. The molecule has 4 rings (SSSR count). The first kappa shape index (κ1) is 18.0. The number of imidazole rings is 1. The van der Waals surface area contributed by atoms with Crippen LogP contribution in [0.2, 0.25) is 0 Å². The number of anilines is 1. The number of pyridine rings is 1. The summed E-state index contributed by atoms with van der Waals surface area (Å²) in [5.74, 6) is 0.0254. The van der Waals surface area contributed by atoms with Crippen molar-refractivity contribution in [1.82, 2.24) is 9.38 Å². The van der Waals surface area contributed by atoms with Gasteiger partial charge in [-0.15, -0.1) is 0 Å². The van der Waals surface area contributed by atoms with Crippen molar-refractivity contribution in [2.75, 3.05) is 5.32 Å². The molecule has 1 N–H and O–H groups in total. The van der Waals surface area contributed by atoms with Crippen LogP contribution in [0.1, 0.15) is 23.1 Å². The van der Waals surface area contributed by atoms with Gasteiger partial charge in [0, 0.05) is 30.1 Å². The van der Waals surface area contributed by atoms with E-state index in [1.54, 1.807) is 0 Å². The monoisotopic (exact) mass is 369 g/mol. The minimum absolute atomic E-state index is 0.0254. The van der Waals surface area contributed by atoms with E-state index in [4.69, 9.17) is 0 Å². The third-order valence-electron chi connectivity index (χ3n) is 4.80.